The van der Waals surface area contributed by atoms with Crippen LogP contribution in [0.2, 0.25) is 0 Å². The number of quaternary nitrogens is 1. The van der Waals surface area contributed by atoms with Crippen LogP contribution in [0.5, 0.6) is 0 Å². The summed E-state index contributed by atoms with van der Waals surface area (Å²) in [6, 6.07) is -0.722. The topological polar surface area (TPSA) is 72.6 Å². The number of rotatable bonds is 2. The van der Waals surface area contributed by atoms with Gasteiger partial charge in [-0.25, -0.2) is 4.79 Å². The largest absolute Gasteiger partial charge is 0.384 e. The highest BCUT2D eigenvalue weighted by Gasteiger charge is 2.62. The van der Waals surface area contributed by atoms with E-state index in [1.54, 1.807) is 0 Å². The van der Waals surface area contributed by atoms with E-state index in [1.807, 2.05) is 7.05 Å². The molecular weight excluding hydrogens is 292 g/mol. The molecule has 6 heteroatoms. The lowest BCUT2D eigenvalue weighted by Crippen LogP contribution is -2.63. The Balaban J connectivity index is 1.79. The SMILES string of the molecule is C[N+]1(C(=O)C(N)C2CCCCC2)CC(Cl)C2OCC(O)C21. The van der Waals surface area contributed by atoms with E-state index < -0.39 is 12.1 Å². The number of amides is 1. The van der Waals surface area contributed by atoms with E-state index in [9.17, 15) is 9.90 Å². The van der Waals surface area contributed by atoms with E-state index in [4.69, 9.17) is 22.1 Å². The molecule has 3 rings (SSSR count). The molecular formula is C15H26ClN2O3+. The zero-order valence-corrected chi connectivity index (χ0v) is 13.3. The van der Waals surface area contributed by atoms with Gasteiger partial charge in [-0.05, 0) is 18.8 Å². The number of likely N-dealkylation sites (tertiary alicyclic amines) is 1. The van der Waals surface area contributed by atoms with Crippen LogP contribution in [-0.2, 0) is 9.53 Å². The lowest BCUT2D eigenvalue weighted by atomic mass is 9.83. The molecule has 0 aromatic heterocycles. The van der Waals surface area contributed by atoms with Crippen molar-refractivity contribution >= 4 is 17.5 Å². The van der Waals surface area contributed by atoms with E-state index >= 15 is 0 Å². The molecule has 0 radical (unpaired) electrons. The summed E-state index contributed by atoms with van der Waals surface area (Å²) >= 11 is 6.35. The third kappa shape index (κ3) is 2.53. The van der Waals surface area contributed by atoms with Crippen LogP contribution in [0, 0.1) is 5.92 Å². The van der Waals surface area contributed by atoms with Crippen LogP contribution in [0.25, 0.3) is 0 Å². The van der Waals surface area contributed by atoms with E-state index in [-0.39, 0.29) is 40.4 Å². The predicted octanol–water partition coefficient (Wildman–Crippen LogP) is 0.616. The Bertz CT molecular complexity index is 416. The van der Waals surface area contributed by atoms with Crippen molar-refractivity contribution in [1.29, 1.82) is 0 Å². The van der Waals surface area contributed by atoms with Gasteiger partial charge in [0.25, 0.3) is 0 Å². The molecule has 1 aliphatic carbocycles. The number of carbonyl (C=O) groups excluding carboxylic acids is 1. The Labute approximate surface area is 131 Å². The quantitative estimate of drug-likeness (QED) is 0.578. The first-order valence-corrected chi connectivity index (χ1v) is 8.47. The van der Waals surface area contributed by atoms with Crippen LogP contribution in [0.15, 0.2) is 0 Å². The molecule has 1 amide bonds. The van der Waals surface area contributed by atoms with Gasteiger partial charge in [-0.2, -0.15) is 0 Å². The van der Waals surface area contributed by atoms with Crippen molar-refractivity contribution in [2.24, 2.45) is 11.7 Å². The van der Waals surface area contributed by atoms with E-state index in [2.05, 4.69) is 0 Å². The van der Waals surface area contributed by atoms with Gasteiger partial charge in [-0.15, -0.1) is 11.6 Å². The molecule has 0 aromatic carbocycles. The standard InChI is InChI=1S/C15H26ClN2O3/c1-18(7-10(16)14-13(18)11(19)8-21-14)15(20)12(17)9-5-3-2-4-6-9/h9-14,19H,2-8,17H2,1H3/q+1. The normalized spacial score (nSPS) is 45.5. The first-order valence-electron chi connectivity index (χ1n) is 8.04. The Morgan fingerprint density at radius 2 is 2.05 bits per heavy atom. The summed E-state index contributed by atoms with van der Waals surface area (Å²) in [5.41, 5.74) is 6.30. The summed E-state index contributed by atoms with van der Waals surface area (Å²) < 4.78 is 5.70. The number of nitrogens with zero attached hydrogens (tertiary/aromatic N) is 1. The molecule has 5 nitrogen and oxygen atoms in total. The number of alkyl halides is 1. The second-order valence-electron chi connectivity index (χ2n) is 7.08. The molecule has 2 saturated heterocycles. The maximum Gasteiger partial charge on any atom is 0.331 e. The molecule has 0 bridgehead atoms. The third-order valence-corrected chi connectivity index (χ3v) is 6.09. The van der Waals surface area contributed by atoms with E-state index in [0.29, 0.717) is 6.54 Å². The maximum absolute atomic E-state index is 13.0. The van der Waals surface area contributed by atoms with Crippen molar-refractivity contribution in [1.82, 2.24) is 0 Å². The summed E-state index contributed by atoms with van der Waals surface area (Å²) in [5.74, 6) is 0.290. The Kier molecular flexibility index (Phi) is 4.32. The van der Waals surface area contributed by atoms with Gasteiger partial charge in [0.15, 0.2) is 6.04 Å². The number of ether oxygens (including phenoxy) is 1. The summed E-state index contributed by atoms with van der Waals surface area (Å²) in [4.78, 5) is 13.0. The molecule has 1 saturated carbocycles. The predicted molar refractivity (Wildman–Crippen MR) is 79.8 cm³/mol. The van der Waals surface area contributed by atoms with Crippen molar-refractivity contribution in [2.75, 3.05) is 20.2 Å². The van der Waals surface area contributed by atoms with Gasteiger partial charge in [-0.1, -0.05) is 19.3 Å². The van der Waals surface area contributed by atoms with Crippen LogP contribution < -0.4 is 5.73 Å². The molecule has 0 aromatic rings. The number of nitrogens with two attached hydrogens (primary N) is 1. The number of fused-ring (bicyclic) bond motifs is 1. The zero-order chi connectivity index (χ0) is 15.2. The highest BCUT2D eigenvalue weighted by atomic mass is 35.5. The number of carbonyl (C=O) groups is 1. The molecule has 6 unspecified atom stereocenters. The molecule has 6 atom stereocenters. The van der Waals surface area contributed by atoms with Crippen LogP contribution in [0.1, 0.15) is 32.1 Å². The van der Waals surface area contributed by atoms with Crippen molar-refractivity contribution in [3.63, 3.8) is 0 Å². The number of hydrogen-bond donors (Lipinski definition) is 2. The fourth-order valence-electron chi connectivity index (χ4n) is 4.51. The van der Waals surface area contributed by atoms with Gasteiger partial charge in [0.05, 0.1) is 13.7 Å². The monoisotopic (exact) mass is 317 g/mol. The molecule has 3 fully saturated rings. The number of aliphatic hydroxyl groups excluding tert-OH is 1. The third-order valence-electron chi connectivity index (χ3n) is 5.70. The zero-order valence-electron chi connectivity index (χ0n) is 12.6. The highest BCUT2D eigenvalue weighted by Crippen LogP contribution is 2.39. The van der Waals surface area contributed by atoms with Crippen LogP contribution >= 0.6 is 11.6 Å². The fourth-order valence-corrected chi connectivity index (χ4v) is 5.02. The van der Waals surface area contributed by atoms with Gasteiger partial charge in [0.2, 0.25) is 0 Å². The van der Waals surface area contributed by atoms with Gasteiger partial charge in [-0.3, -0.25) is 4.48 Å². The van der Waals surface area contributed by atoms with Crippen molar-refractivity contribution in [3.05, 3.63) is 0 Å². The van der Waals surface area contributed by atoms with E-state index in [0.717, 1.165) is 25.7 Å². The van der Waals surface area contributed by atoms with Crippen LogP contribution in [0.4, 0.5) is 0 Å². The number of aliphatic hydroxyl groups is 1. The van der Waals surface area contributed by atoms with Crippen LogP contribution in [-0.4, -0.2) is 65.4 Å². The first kappa shape index (κ1) is 15.7. The maximum atomic E-state index is 13.0. The van der Waals surface area contributed by atoms with Gasteiger partial charge in [0.1, 0.15) is 30.2 Å². The van der Waals surface area contributed by atoms with Crippen molar-refractivity contribution < 1.29 is 19.1 Å². The molecule has 2 aliphatic heterocycles. The molecule has 21 heavy (non-hydrogen) atoms. The molecule has 3 N–H and O–H groups in total. The lowest BCUT2D eigenvalue weighted by molar-refractivity contribution is -0.851. The average molecular weight is 318 g/mol. The minimum atomic E-state index is -0.633. The minimum Gasteiger partial charge on any atom is -0.384 e. The Hall–Kier alpha value is -0.200. The van der Waals surface area contributed by atoms with Gasteiger partial charge >= 0.3 is 5.91 Å². The molecule has 0 spiro atoms. The number of hydrogen-bond acceptors (Lipinski definition) is 4. The van der Waals surface area contributed by atoms with Crippen molar-refractivity contribution in [3.8, 4) is 0 Å². The number of halogens is 1. The molecule has 3 aliphatic rings. The second-order valence-corrected chi connectivity index (χ2v) is 7.64. The van der Waals surface area contributed by atoms with Crippen LogP contribution in [0.3, 0.4) is 0 Å². The summed E-state index contributed by atoms with van der Waals surface area (Å²) in [6.07, 6.45) is 4.75. The van der Waals surface area contributed by atoms with Gasteiger partial charge in [0, 0.05) is 0 Å². The Morgan fingerprint density at radius 1 is 1.38 bits per heavy atom. The summed E-state index contributed by atoms with van der Waals surface area (Å²) in [6.45, 7) is 0.755. The van der Waals surface area contributed by atoms with Crippen molar-refractivity contribution in [2.45, 2.75) is 61.8 Å². The first-order chi connectivity index (χ1) is 9.95. The molecule has 120 valence electrons. The summed E-state index contributed by atoms with van der Waals surface area (Å²) in [7, 11) is 1.86. The van der Waals surface area contributed by atoms with E-state index in [1.165, 1.54) is 6.42 Å². The fraction of sp³-hybridized carbons (Fsp3) is 0.933. The summed E-state index contributed by atoms with van der Waals surface area (Å²) in [5, 5.41) is 9.97. The molecule has 2 heterocycles. The number of likely N-dealkylation sites (N-methyl/N-ethyl adjacent to an activating group) is 1. The second kappa shape index (κ2) is 5.78. The smallest absolute Gasteiger partial charge is 0.331 e. The lowest BCUT2D eigenvalue weighted by Gasteiger charge is -2.37. The average Bonchev–Trinajstić information content (AvgIpc) is 3.00. The van der Waals surface area contributed by atoms with Gasteiger partial charge < -0.3 is 15.6 Å². The Morgan fingerprint density at radius 3 is 2.71 bits per heavy atom. The highest BCUT2D eigenvalue weighted by molar-refractivity contribution is 6.21. The minimum absolute atomic E-state index is 0.0181.